The molecule has 0 aliphatic heterocycles. The normalized spacial score (nSPS) is 12.4. The van der Waals surface area contributed by atoms with Gasteiger partial charge in [-0.3, -0.25) is 4.68 Å². The number of aryl methyl sites for hydroxylation is 2. The lowest BCUT2D eigenvalue weighted by Gasteiger charge is -2.13. The van der Waals surface area contributed by atoms with Crippen molar-refractivity contribution in [1.82, 2.24) is 9.78 Å². The van der Waals surface area contributed by atoms with E-state index in [9.17, 15) is 5.11 Å². The molecule has 18 heavy (non-hydrogen) atoms. The van der Waals surface area contributed by atoms with E-state index < -0.39 is 6.10 Å². The third-order valence-corrected chi connectivity index (χ3v) is 2.95. The van der Waals surface area contributed by atoms with Crippen molar-refractivity contribution in [2.75, 3.05) is 7.11 Å². The zero-order valence-electron chi connectivity index (χ0n) is 10.9. The lowest BCUT2D eigenvalue weighted by Crippen LogP contribution is -2.11. The fraction of sp³-hybridized carbons (Fsp3) is 0.357. The molecule has 0 spiro atoms. The molecule has 4 heteroatoms. The van der Waals surface area contributed by atoms with E-state index in [2.05, 4.69) is 5.10 Å². The van der Waals surface area contributed by atoms with Gasteiger partial charge in [-0.25, -0.2) is 0 Å². The molecule has 0 saturated carbocycles. The number of rotatable bonds is 4. The van der Waals surface area contributed by atoms with Crippen LogP contribution >= 0.6 is 0 Å². The van der Waals surface area contributed by atoms with Crippen LogP contribution in [0, 0.1) is 13.8 Å². The summed E-state index contributed by atoms with van der Waals surface area (Å²) in [5.74, 6) is 0.789. The van der Waals surface area contributed by atoms with Crippen molar-refractivity contribution in [3.05, 3.63) is 47.3 Å². The second-order valence-electron chi connectivity index (χ2n) is 4.40. The second kappa shape index (κ2) is 5.23. The summed E-state index contributed by atoms with van der Waals surface area (Å²) in [5.41, 5.74) is 2.89. The molecular formula is C14H18N2O2. The Morgan fingerprint density at radius 2 is 1.94 bits per heavy atom. The molecule has 0 radical (unpaired) electrons. The molecule has 1 N–H and O–H groups in total. The van der Waals surface area contributed by atoms with Crippen LogP contribution in [0.1, 0.15) is 23.1 Å². The summed E-state index contributed by atoms with van der Waals surface area (Å²) < 4.78 is 6.91. The Labute approximate surface area is 107 Å². The van der Waals surface area contributed by atoms with E-state index >= 15 is 0 Å². The van der Waals surface area contributed by atoms with Crippen molar-refractivity contribution < 1.29 is 9.84 Å². The van der Waals surface area contributed by atoms with Gasteiger partial charge in [-0.05, 0) is 37.6 Å². The Bertz CT molecular complexity index is 517. The minimum Gasteiger partial charge on any atom is -0.497 e. The summed E-state index contributed by atoms with van der Waals surface area (Å²) in [6.07, 6.45) is -0.561. The summed E-state index contributed by atoms with van der Waals surface area (Å²) in [6.45, 7) is 4.40. The number of aliphatic hydroxyl groups excluding tert-OH is 1. The first-order chi connectivity index (χ1) is 8.60. The first kappa shape index (κ1) is 12.6. The van der Waals surface area contributed by atoms with Gasteiger partial charge in [0.1, 0.15) is 5.75 Å². The summed E-state index contributed by atoms with van der Waals surface area (Å²) in [5, 5.41) is 14.5. The van der Waals surface area contributed by atoms with E-state index in [1.165, 1.54) is 0 Å². The molecule has 2 rings (SSSR count). The topological polar surface area (TPSA) is 47.3 Å². The van der Waals surface area contributed by atoms with Gasteiger partial charge in [-0.2, -0.15) is 5.10 Å². The van der Waals surface area contributed by atoms with E-state index in [4.69, 9.17) is 4.74 Å². The maximum absolute atomic E-state index is 10.2. The number of benzene rings is 1. The molecule has 0 bridgehead atoms. The summed E-state index contributed by atoms with van der Waals surface area (Å²) >= 11 is 0. The van der Waals surface area contributed by atoms with Crippen LogP contribution in [0.3, 0.4) is 0 Å². The van der Waals surface area contributed by atoms with E-state index in [-0.39, 0.29) is 0 Å². The molecule has 1 unspecified atom stereocenters. The third-order valence-electron chi connectivity index (χ3n) is 2.95. The zero-order valence-corrected chi connectivity index (χ0v) is 10.9. The van der Waals surface area contributed by atoms with Crippen molar-refractivity contribution >= 4 is 0 Å². The summed E-state index contributed by atoms with van der Waals surface area (Å²) in [4.78, 5) is 0. The van der Waals surface area contributed by atoms with Crippen LogP contribution in [-0.2, 0) is 6.54 Å². The van der Waals surface area contributed by atoms with Gasteiger partial charge in [0, 0.05) is 5.69 Å². The molecule has 0 amide bonds. The Balaban J connectivity index is 2.11. The number of aromatic nitrogens is 2. The van der Waals surface area contributed by atoms with Crippen LogP contribution in [0.5, 0.6) is 5.75 Å². The largest absolute Gasteiger partial charge is 0.497 e. The Hall–Kier alpha value is -1.81. The Morgan fingerprint density at radius 3 is 2.44 bits per heavy atom. The van der Waals surface area contributed by atoms with Gasteiger partial charge in [0.15, 0.2) is 0 Å². The van der Waals surface area contributed by atoms with Gasteiger partial charge >= 0.3 is 0 Å². The standard InChI is InChI=1S/C14H18N2O2/c1-10-8-11(2)16(15-10)9-14(17)12-4-6-13(18-3)7-5-12/h4-8,14,17H,9H2,1-3H3. The highest BCUT2D eigenvalue weighted by Gasteiger charge is 2.10. The van der Waals surface area contributed by atoms with Crippen molar-refractivity contribution in [2.24, 2.45) is 0 Å². The molecule has 0 aliphatic rings. The highest BCUT2D eigenvalue weighted by atomic mass is 16.5. The molecule has 1 heterocycles. The number of methoxy groups -OCH3 is 1. The predicted molar refractivity (Wildman–Crippen MR) is 69.7 cm³/mol. The Kier molecular flexibility index (Phi) is 3.67. The molecule has 4 nitrogen and oxygen atoms in total. The lowest BCUT2D eigenvalue weighted by molar-refractivity contribution is 0.150. The fourth-order valence-electron chi connectivity index (χ4n) is 1.96. The lowest BCUT2D eigenvalue weighted by atomic mass is 10.1. The van der Waals surface area contributed by atoms with E-state index in [0.29, 0.717) is 6.54 Å². The zero-order chi connectivity index (χ0) is 13.1. The number of hydrogen-bond donors (Lipinski definition) is 1. The first-order valence-corrected chi connectivity index (χ1v) is 5.93. The smallest absolute Gasteiger partial charge is 0.118 e. The third kappa shape index (κ3) is 2.71. The quantitative estimate of drug-likeness (QED) is 0.900. The predicted octanol–water partition coefficient (Wildman–Crippen LogP) is 2.24. The number of nitrogens with zero attached hydrogens (tertiary/aromatic N) is 2. The highest BCUT2D eigenvalue weighted by molar-refractivity contribution is 5.28. The highest BCUT2D eigenvalue weighted by Crippen LogP contribution is 2.19. The van der Waals surface area contributed by atoms with Gasteiger partial charge in [0.25, 0.3) is 0 Å². The average molecular weight is 246 g/mol. The van der Waals surface area contributed by atoms with Gasteiger partial charge in [-0.15, -0.1) is 0 Å². The van der Waals surface area contributed by atoms with Gasteiger partial charge in [0.05, 0.1) is 25.5 Å². The van der Waals surface area contributed by atoms with Gasteiger partial charge in [0.2, 0.25) is 0 Å². The second-order valence-corrected chi connectivity index (χ2v) is 4.40. The molecule has 1 aromatic heterocycles. The van der Waals surface area contributed by atoms with Crippen LogP contribution in [0.25, 0.3) is 0 Å². The monoisotopic (exact) mass is 246 g/mol. The maximum atomic E-state index is 10.2. The van der Waals surface area contributed by atoms with Crippen LogP contribution in [0.15, 0.2) is 30.3 Å². The molecular weight excluding hydrogens is 228 g/mol. The van der Waals surface area contributed by atoms with Crippen molar-refractivity contribution in [2.45, 2.75) is 26.5 Å². The van der Waals surface area contributed by atoms with Gasteiger partial charge in [-0.1, -0.05) is 12.1 Å². The van der Waals surface area contributed by atoms with E-state index in [0.717, 1.165) is 22.7 Å². The van der Waals surface area contributed by atoms with Crippen LogP contribution < -0.4 is 4.74 Å². The fourth-order valence-corrected chi connectivity index (χ4v) is 1.96. The van der Waals surface area contributed by atoms with E-state index in [1.807, 2.05) is 48.9 Å². The van der Waals surface area contributed by atoms with Crippen molar-refractivity contribution in [1.29, 1.82) is 0 Å². The molecule has 1 aromatic carbocycles. The summed E-state index contributed by atoms with van der Waals surface area (Å²) in [7, 11) is 1.63. The van der Waals surface area contributed by atoms with Gasteiger partial charge < -0.3 is 9.84 Å². The maximum Gasteiger partial charge on any atom is 0.118 e. The minimum atomic E-state index is -0.561. The van der Waals surface area contributed by atoms with Crippen LogP contribution in [0.4, 0.5) is 0 Å². The SMILES string of the molecule is COc1ccc(C(O)Cn2nc(C)cc2C)cc1. The number of hydrogen-bond acceptors (Lipinski definition) is 3. The van der Waals surface area contributed by atoms with Crippen LogP contribution in [-0.4, -0.2) is 22.0 Å². The van der Waals surface area contributed by atoms with E-state index in [1.54, 1.807) is 7.11 Å². The molecule has 0 aliphatic carbocycles. The first-order valence-electron chi connectivity index (χ1n) is 5.93. The van der Waals surface area contributed by atoms with Crippen LogP contribution in [0.2, 0.25) is 0 Å². The average Bonchev–Trinajstić information content (AvgIpc) is 2.68. The molecule has 96 valence electrons. The number of ether oxygens (including phenoxy) is 1. The molecule has 1 atom stereocenters. The molecule has 0 saturated heterocycles. The van der Waals surface area contributed by atoms with Crippen molar-refractivity contribution in [3.8, 4) is 5.75 Å². The number of aliphatic hydroxyl groups is 1. The molecule has 2 aromatic rings. The molecule has 0 fully saturated rings. The Morgan fingerprint density at radius 1 is 1.28 bits per heavy atom. The minimum absolute atomic E-state index is 0.464. The van der Waals surface area contributed by atoms with Crippen molar-refractivity contribution in [3.63, 3.8) is 0 Å². The summed E-state index contributed by atoms with van der Waals surface area (Å²) in [6, 6.07) is 9.44.